The lowest BCUT2D eigenvalue weighted by Gasteiger charge is -2.21. The number of ether oxygens (including phenoxy) is 1. The molecular weight excluding hydrogens is 344 g/mol. The van der Waals surface area contributed by atoms with Gasteiger partial charge in [-0.3, -0.25) is 9.59 Å². The molecule has 1 fully saturated rings. The first-order chi connectivity index (χ1) is 12.8. The van der Waals surface area contributed by atoms with Crippen molar-refractivity contribution in [2.24, 2.45) is 7.05 Å². The Kier molecular flexibility index (Phi) is 3.96. The van der Waals surface area contributed by atoms with Crippen LogP contribution >= 0.6 is 0 Å². The number of carbonyl (C=O) groups excluding carboxylic acids is 1. The lowest BCUT2D eigenvalue weighted by Crippen LogP contribution is -2.17. The van der Waals surface area contributed by atoms with Crippen molar-refractivity contribution >= 4 is 17.2 Å². The van der Waals surface area contributed by atoms with Crippen molar-refractivity contribution in [2.75, 3.05) is 0 Å². The van der Waals surface area contributed by atoms with Gasteiger partial charge in [0.15, 0.2) is 6.29 Å². The van der Waals surface area contributed by atoms with Crippen LogP contribution in [-0.4, -0.2) is 27.0 Å². The quantitative estimate of drug-likeness (QED) is 0.680. The second kappa shape index (κ2) is 6.09. The van der Waals surface area contributed by atoms with E-state index >= 15 is 0 Å². The average Bonchev–Trinajstić information content (AvgIpc) is 3.32. The molecule has 0 unspecified atom stereocenters. The molecule has 0 spiro atoms. The molecule has 1 aliphatic carbocycles. The predicted molar refractivity (Wildman–Crippen MR) is 103 cm³/mol. The second-order valence-electron chi connectivity index (χ2n) is 7.68. The molecule has 0 amide bonds. The number of rotatable bonds is 5. The van der Waals surface area contributed by atoms with Gasteiger partial charge in [-0.15, -0.1) is 0 Å². The van der Waals surface area contributed by atoms with Crippen LogP contribution < -0.4 is 10.3 Å². The summed E-state index contributed by atoms with van der Waals surface area (Å²) >= 11 is 0. The summed E-state index contributed by atoms with van der Waals surface area (Å²) in [6, 6.07) is 7.29. The molecule has 1 aromatic carbocycles. The fourth-order valence-corrected chi connectivity index (χ4v) is 3.22. The number of hydrogen-bond donors (Lipinski definition) is 2. The summed E-state index contributed by atoms with van der Waals surface area (Å²) in [5.74, 6) is 0.708. The van der Waals surface area contributed by atoms with E-state index in [2.05, 4.69) is 4.98 Å². The molecule has 0 bridgehead atoms. The molecule has 2 heterocycles. The number of aryl methyl sites for hydroxylation is 1. The highest BCUT2D eigenvalue weighted by Crippen LogP contribution is 2.39. The van der Waals surface area contributed by atoms with Crippen molar-refractivity contribution < 1.29 is 14.6 Å². The van der Waals surface area contributed by atoms with Gasteiger partial charge in [-0.25, -0.2) is 0 Å². The minimum absolute atomic E-state index is 0.204. The smallest absolute Gasteiger partial charge is 0.274 e. The topological polar surface area (TPSA) is 84.3 Å². The van der Waals surface area contributed by atoms with Crippen molar-refractivity contribution in [1.82, 2.24) is 9.55 Å². The van der Waals surface area contributed by atoms with Crippen LogP contribution in [0.5, 0.6) is 5.75 Å². The summed E-state index contributed by atoms with van der Waals surface area (Å²) in [6.45, 7) is 3.45. The molecule has 1 aliphatic rings. The number of carbonyl (C=O) groups is 1. The number of aldehydes is 1. The molecule has 2 aromatic heterocycles. The molecule has 0 saturated heterocycles. The van der Waals surface area contributed by atoms with E-state index in [1.165, 1.54) is 4.57 Å². The first-order valence-electron chi connectivity index (χ1n) is 8.99. The van der Waals surface area contributed by atoms with E-state index in [0.717, 1.165) is 29.5 Å². The number of nitrogens with one attached hydrogen (secondary N) is 1. The van der Waals surface area contributed by atoms with Crippen molar-refractivity contribution in [1.29, 1.82) is 0 Å². The Hall–Kier alpha value is -2.86. The summed E-state index contributed by atoms with van der Waals surface area (Å²) in [5, 5.41) is 11.1. The van der Waals surface area contributed by atoms with Crippen molar-refractivity contribution in [3.05, 3.63) is 52.1 Å². The average molecular weight is 366 g/mol. The Labute approximate surface area is 156 Å². The number of fused-ring (bicyclic) bond motifs is 1. The van der Waals surface area contributed by atoms with E-state index in [1.54, 1.807) is 33.2 Å². The predicted octanol–water partition coefficient (Wildman–Crippen LogP) is 3.11. The van der Waals surface area contributed by atoms with Crippen LogP contribution in [0.3, 0.4) is 0 Å². The molecular formula is C21H22N2O4. The number of aromatic nitrogens is 2. The van der Waals surface area contributed by atoms with Gasteiger partial charge in [0.25, 0.3) is 5.56 Å². The van der Waals surface area contributed by atoms with Crippen LogP contribution in [0, 0.1) is 0 Å². The molecule has 140 valence electrons. The van der Waals surface area contributed by atoms with Gasteiger partial charge < -0.3 is 19.4 Å². The third-order valence-corrected chi connectivity index (χ3v) is 4.91. The minimum Gasteiger partial charge on any atom is -0.490 e. The summed E-state index contributed by atoms with van der Waals surface area (Å²) in [5.41, 5.74) is 1.82. The lowest BCUT2D eigenvalue weighted by molar-refractivity contribution is 0.0786. The third-order valence-electron chi connectivity index (χ3n) is 4.91. The molecule has 0 radical (unpaired) electrons. The number of aliphatic hydroxyl groups is 1. The van der Waals surface area contributed by atoms with Gasteiger partial charge in [0.05, 0.1) is 17.4 Å². The van der Waals surface area contributed by atoms with Crippen LogP contribution in [0.15, 0.2) is 35.3 Å². The summed E-state index contributed by atoms with van der Waals surface area (Å²) in [7, 11) is 1.67. The van der Waals surface area contributed by atoms with Crippen LogP contribution in [0.25, 0.3) is 22.0 Å². The maximum Gasteiger partial charge on any atom is 0.274 e. The van der Waals surface area contributed by atoms with E-state index in [9.17, 15) is 14.7 Å². The normalized spacial score (nSPS) is 14.5. The van der Waals surface area contributed by atoms with Gasteiger partial charge in [0.1, 0.15) is 11.3 Å². The van der Waals surface area contributed by atoms with Crippen LogP contribution in [0.1, 0.15) is 42.7 Å². The minimum atomic E-state index is -1.02. The zero-order valence-electron chi connectivity index (χ0n) is 15.6. The van der Waals surface area contributed by atoms with E-state index in [4.69, 9.17) is 4.74 Å². The van der Waals surface area contributed by atoms with Gasteiger partial charge in [0, 0.05) is 29.8 Å². The number of nitrogens with zero attached hydrogens (tertiary/aromatic N) is 1. The zero-order valence-corrected chi connectivity index (χ0v) is 15.6. The highest BCUT2D eigenvalue weighted by Gasteiger charge is 2.27. The van der Waals surface area contributed by atoms with E-state index < -0.39 is 5.60 Å². The second-order valence-corrected chi connectivity index (χ2v) is 7.68. The lowest BCUT2D eigenvalue weighted by atomic mass is 9.93. The van der Waals surface area contributed by atoms with Crippen molar-refractivity contribution in [3.8, 4) is 16.9 Å². The summed E-state index contributed by atoms with van der Waals surface area (Å²) in [6.07, 6.45) is 4.69. The standard InChI is InChI=1S/C21H22N2O4/c1-21(2,26)12-4-7-18(27-14-5-6-14)15(8-12)17-10-23(3)20(25)19-16(17)9-13(11-24)22-19/h4,7-11,14,22,26H,5-6H2,1-3H3. The van der Waals surface area contributed by atoms with Gasteiger partial charge >= 0.3 is 0 Å². The Morgan fingerprint density at radius 2 is 2.00 bits per heavy atom. The fraction of sp³-hybridized carbons (Fsp3) is 0.333. The van der Waals surface area contributed by atoms with E-state index in [-0.39, 0.29) is 11.7 Å². The van der Waals surface area contributed by atoms with Gasteiger partial charge in [-0.2, -0.15) is 0 Å². The molecule has 1 saturated carbocycles. The number of H-pyrrole nitrogens is 1. The maximum atomic E-state index is 12.5. The largest absolute Gasteiger partial charge is 0.490 e. The number of pyridine rings is 1. The molecule has 6 heteroatoms. The molecule has 0 atom stereocenters. The Morgan fingerprint density at radius 3 is 2.63 bits per heavy atom. The first-order valence-corrected chi connectivity index (χ1v) is 8.99. The van der Waals surface area contributed by atoms with Gasteiger partial charge in [-0.1, -0.05) is 6.07 Å². The SMILES string of the molecule is Cn1cc(-c2cc(C(C)(C)O)ccc2OC2CC2)c2cc(C=O)[nH]c2c1=O. The molecule has 6 nitrogen and oxygen atoms in total. The van der Waals surface area contributed by atoms with Crippen LogP contribution in [0.2, 0.25) is 0 Å². The zero-order chi connectivity index (χ0) is 19.3. The third kappa shape index (κ3) is 3.17. The van der Waals surface area contributed by atoms with Gasteiger partial charge in [0.2, 0.25) is 0 Å². The van der Waals surface area contributed by atoms with E-state index in [1.807, 2.05) is 18.2 Å². The summed E-state index contributed by atoms with van der Waals surface area (Å²) < 4.78 is 7.57. The summed E-state index contributed by atoms with van der Waals surface area (Å²) in [4.78, 5) is 26.6. The Balaban J connectivity index is 2.01. The van der Waals surface area contributed by atoms with Crippen LogP contribution in [-0.2, 0) is 12.6 Å². The maximum absolute atomic E-state index is 12.5. The number of benzene rings is 1. The monoisotopic (exact) mass is 366 g/mol. The Morgan fingerprint density at radius 1 is 1.26 bits per heavy atom. The number of aromatic amines is 1. The van der Waals surface area contributed by atoms with Crippen LogP contribution in [0.4, 0.5) is 0 Å². The van der Waals surface area contributed by atoms with Crippen molar-refractivity contribution in [3.63, 3.8) is 0 Å². The Bertz CT molecular complexity index is 1100. The van der Waals surface area contributed by atoms with Crippen molar-refractivity contribution in [2.45, 2.75) is 38.4 Å². The highest BCUT2D eigenvalue weighted by molar-refractivity contribution is 5.99. The van der Waals surface area contributed by atoms with E-state index in [0.29, 0.717) is 28.6 Å². The molecule has 2 N–H and O–H groups in total. The highest BCUT2D eigenvalue weighted by atomic mass is 16.5. The van der Waals surface area contributed by atoms with Gasteiger partial charge in [-0.05, 0) is 50.5 Å². The molecule has 3 aromatic rings. The molecule has 27 heavy (non-hydrogen) atoms. The number of hydrogen-bond acceptors (Lipinski definition) is 4. The fourth-order valence-electron chi connectivity index (χ4n) is 3.22. The first kappa shape index (κ1) is 17.5. The molecule has 0 aliphatic heterocycles. The molecule has 4 rings (SSSR count).